The zero-order valence-corrected chi connectivity index (χ0v) is 15.8. The van der Waals surface area contributed by atoms with Crippen LogP contribution in [0.15, 0.2) is 72.9 Å². The summed E-state index contributed by atoms with van der Waals surface area (Å²) in [6, 6.07) is 22.8. The van der Waals surface area contributed by atoms with E-state index >= 15 is 0 Å². The number of aromatic nitrogens is 1. The minimum Gasteiger partial charge on any atom is -0.387 e. The Morgan fingerprint density at radius 3 is 2.08 bits per heavy atom. The molecule has 3 aromatic rings. The molecule has 2 N–H and O–H groups in total. The molecule has 1 aromatic heterocycles. The van der Waals surface area contributed by atoms with Gasteiger partial charge in [0, 0.05) is 24.5 Å². The first kappa shape index (κ1) is 18.4. The number of nitrogens with zero attached hydrogens (tertiary/aromatic N) is 1. The molecule has 0 saturated heterocycles. The second-order valence-corrected chi connectivity index (χ2v) is 6.95. The van der Waals surface area contributed by atoms with Crippen LogP contribution < -0.4 is 5.32 Å². The van der Waals surface area contributed by atoms with Crippen LogP contribution in [-0.4, -0.2) is 15.7 Å². The topological polar surface area (TPSA) is 37.2 Å². The molecule has 3 atom stereocenters. The highest BCUT2D eigenvalue weighted by Gasteiger charge is 2.17. The van der Waals surface area contributed by atoms with Crippen molar-refractivity contribution in [3.05, 3.63) is 95.3 Å². The molecule has 0 aliphatic rings. The molecule has 0 unspecified atom stereocenters. The second-order valence-electron chi connectivity index (χ2n) is 6.95. The Morgan fingerprint density at radius 2 is 1.46 bits per heavy atom. The lowest BCUT2D eigenvalue weighted by atomic mass is 10.0. The van der Waals surface area contributed by atoms with Crippen molar-refractivity contribution in [2.45, 2.75) is 45.5 Å². The third-order valence-corrected chi connectivity index (χ3v) is 5.22. The minimum atomic E-state index is -0.512. The van der Waals surface area contributed by atoms with E-state index < -0.39 is 6.10 Å². The average Bonchev–Trinajstić information content (AvgIpc) is 3.06. The van der Waals surface area contributed by atoms with Gasteiger partial charge in [-0.15, -0.1) is 0 Å². The Balaban J connectivity index is 1.65. The number of aliphatic hydroxyl groups is 1. The van der Waals surface area contributed by atoms with Crippen molar-refractivity contribution in [1.82, 2.24) is 9.88 Å². The van der Waals surface area contributed by atoms with Crippen LogP contribution in [0.1, 0.15) is 48.4 Å². The van der Waals surface area contributed by atoms with Gasteiger partial charge in [-0.2, -0.15) is 0 Å². The minimum absolute atomic E-state index is 0.0216. The summed E-state index contributed by atoms with van der Waals surface area (Å²) in [4.78, 5) is 0. The van der Waals surface area contributed by atoms with Gasteiger partial charge < -0.3 is 15.0 Å². The molecule has 0 radical (unpaired) electrons. The summed E-state index contributed by atoms with van der Waals surface area (Å²) in [6.07, 6.45) is 1.64. The maximum absolute atomic E-state index is 10.5. The normalized spacial score (nSPS) is 14.8. The van der Waals surface area contributed by atoms with E-state index in [1.165, 1.54) is 16.8 Å². The third-order valence-electron chi connectivity index (χ3n) is 5.22. The molecule has 0 bridgehead atoms. The van der Waals surface area contributed by atoms with E-state index in [0.717, 1.165) is 12.1 Å². The van der Waals surface area contributed by atoms with Crippen molar-refractivity contribution >= 4 is 0 Å². The SMILES string of the molecule is Cc1c(CN[C@@H](C)[C@H](O)c2ccccc2)ccn1[C@H](C)c1ccccc1. The smallest absolute Gasteiger partial charge is 0.0940 e. The quantitative estimate of drug-likeness (QED) is 0.654. The van der Waals surface area contributed by atoms with Crippen LogP contribution in [0.2, 0.25) is 0 Å². The summed E-state index contributed by atoms with van der Waals surface area (Å²) in [5, 5.41) is 14.0. The Morgan fingerprint density at radius 1 is 0.885 bits per heavy atom. The zero-order valence-electron chi connectivity index (χ0n) is 15.8. The van der Waals surface area contributed by atoms with Crippen LogP contribution in [-0.2, 0) is 6.54 Å². The van der Waals surface area contributed by atoms with Crippen LogP contribution in [0.25, 0.3) is 0 Å². The molecule has 0 amide bonds. The van der Waals surface area contributed by atoms with E-state index in [1.54, 1.807) is 0 Å². The predicted octanol–water partition coefficient (Wildman–Crippen LogP) is 4.62. The van der Waals surface area contributed by atoms with Crippen molar-refractivity contribution in [3.8, 4) is 0 Å². The molecule has 3 rings (SSSR count). The average molecular weight is 348 g/mol. The van der Waals surface area contributed by atoms with Crippen LogP contribution in [0.3, 0.4) is 0 Å². The van der Waals surface area contributed by atoms with E-state index in [4.69, 9.17) is 0 Å². The van der Waals surface area contributed by atoms with Gasteiger partial charge >= 0.3 is 0 Å². The standard InChI is InChI=1S/C23H28N2O/c1-17(23(26)21-12-8-5-9-13-21)24-16-22-14-15-25(19(22)3)18(2)20-10-6-4-7-11-20/h4-15,17-18,23-24,26H,16H2,1-3H3/t17-,18+,23-/m0/s1. The van der Waals surface area contributed by atoms with Gasteiger partial charge in [-0.05, 0) is 43.5 Å². The van der Waals surface area contributed by atoms with Crippen LogP contribution >= 0.6 is 0 Å². The molecule has 3 nitrogen and oxygen atoms in total. The maximum atomic E-state index is 10.5. The fourth-order valence-electron chi connectivity index (χ4n) is 3.39. The lowest BCUT2D eigenvalue weighted by Crippen LogP contribution is -2.31. The monoisotopic (exact) mass is 348 g/mol. The summed E-state index contributed by atoms with van der Waals surface area (Å²) in [5.74, 6) is 0. The summed E-state index contributed by atoms with van der Waals surface area (Å²) in [7, 11) is 0. The van der Waals surface area contributed by atoms with Crippen molar-refractivity contribution < 1.29 is 5.11 Å². The molecule has 0 saturated carbocycles. The molecule has 0 fully saturated rings. The van der Waals surface area contributed by atoms with Crippen molar-refractivity contribution in [1.29, 1.82) is 0 Å². The summed E-state index contributed by atoms with van der Waals surface area (Å²) < 4.78 is 2.31. The first-order valence-corrected chi connectivity index (χ1v) is 9.25. The molecule has 136 valence electrons. The molecule has 0 aliphatic heterocycles. The van der Waals surface area contributed by atoms with Crippen LogP contribution in [0.4, 0.5) is 0 Å². The number of rotatable bonds is 7. The maximum Gasteiger partial charge on any atom is 0.0940 e. The Bertz CT molecular complexity index is 811. The van der Waals surface area contributed by atoms with Gasteiger partial charge in [0.2, 0.25) is 0 Å². The van der Waals surface area contributed by atoms with Crippen molar-refractivity contribution in [2.75, 3.05) is 0 Å². The van der Waals surface area contributed by atoms with E-state index in [2.05, 4.69) is 60.3 Å². The molecular formula is C23H28N2O. The number of nitrogens with one attached hydrogen (secondary N) is 1. The van der Waals surface area contributed by atoms with E-state index in [1.807, 2.05) is 43.3 Å². The zero-order chi connectivity index (χ0) is 18.5. The summed E-state index contributed by atoms with van der Waals surface area (Å²) >= 11 is 0. The fourth-order valence-corrected chi connectivity index (χ4v) is 3.39. The van der Waals surface area contributed by atoms with Gasteiger partial charge in [-0.25, -0.2) is 0 Å². The van der Waals surface area contributed by atoms with Gasteiger partial charge in [0.25, 0.3) is 0 Å². The first-order valence-electron chi connectivity index (χ1n) is 9.25. The number of benzene rings is 2. The summed E-state index contributed by atoms with van der Waals surface area (Å²) in [6.45, 7) is 7.15. The van der Waals surface area contributed by atoms with Gasteiger partial charge in [-0.1, -0.05) is 60.7 Å². The lowest BCUT2D eigenvalue weighted by Gasteiger charge is -2.21. The van der Waals surface area contributed by atoms with Gasteiger partial charge in [0.15, 0.2) is 0 Å². The lowest BCUT2D eigenvalue weighted by molar-refractivity contribution is 0.135. The van der Waals surface area contributed by atoms with Gasteiger partial charge in [-0.3, -0.25) is 0 Å². The Labute approximate surface area is 156 Å². The molecule has 1 heterocycles. The van der Waals surface area contributed by atoms with Crippen LogP contribution in [0, 0.1) is 6.92 Å². The highest BCUT2D eigenvalue weighted by atomic mass is 16.3. The van der Waals surface area contributed by atoms with E-state index in [0.29, 0.717) is 6.04 Å². The van der Waals surface area contributed by atoms with Crippen LogP contribution in [0.5, 0.6) is 0 Å². The molecular weight excluding hydrogens is 320 g/mol. The molecule has 0 spiro atoms. The molecule has 3 heteroatoms. The third kappa shape index (κ3) is 4.06. The largest absolute Gasteiger partial charge is 0.387 e. The second kappa shape index (κ2) is 8.35. The molecule has 26 heavy (non-hydrogen) atoms. The number of aliphatic hydroxyl groups excluding tert-OH is 1. The fraction of sp³-hybridized carbons (Fsp3) is 0.304. The Hall–Kier alpha value is -2.36. The van der Waals surface area contributed by atoms with Gasteiger partial charge in [0.1, 0.15) is 0 Å². The number of hydrogen-bond donors (Lipinski definition) is 2. The Kier molecular flexibility index (Phi) is 5.92. The highest BCUT2D eigenvalue weighted by molar-refractivity contribution is 5.27. The van der Waals surface area contributed by atoms with Crippen molar-refractivity contribution in [3.63, 3.8) is 0 Å². The highest BCUT2D eigenvalue weighted by Crippen LogP contribution is 2.23. The molecule has 0 aliphatic carbocycles. The predicted molar refractivity (Wildman–Crippen MR) is 107 cm³/mol. The van der Waals surface area contributed by atoms with Gasteiger partial charge in [0.05, 0.1) is 12.1 Å². The van der Waals surface area contributed by atoms with E-state index in [-0.39, 0.29) is 6.04 Å². The van der Waals surface area contributed by atoms with Crippen molar-refractivity contribution in [2.24, 2.45) is 0 Å². The van der Waals surface area contributed by atoms with E-state index in [9.17, 15) is 5.11 Å². The number of hydrogen-bond acceptors (Lipinski definition) is 2. The summed E-state index contributed by atoms with van der Waals surface area (Å²) in [5.41, 5.74) is 4.77. The molecule has 2 aromatic carbocycles. The first-order chi connectivity index (χ1) is 12.6.